The van der Waals surface area contributed by atoms with E-state index in [1.54, 1.807) is 0 Å². The Balaban J connectivity index is 1.67. The molecule has 3 rings (SSSR count). The number of benzene rings is 1. The quantitative estimate of drug-likeness (QED) is 0.449. The number of halogens is 1. The fraction of sp³-hybridized carbons (Fsp3) is 0.600. The molecule has 0 radical (unpaired) electrons. The van der Waals surface area contributed by atoms with E-state index in [1.807, 2.05) is 0 Å². The van der Waals surface area contributed by atoms with Crippen molar-refractivity contribution in [3.63, 3.8) is 0 Å². The second kappa shape index (κ2) is 8.42. The Kier molecular flexibility index (Phi) is 6.22. The third-order valence-electron chi connectivity index (χ3n) is 5.49. The zero-order valence-corrected chi connectivity index (χ0v) is 17.2. The summed E-state index contributed by atoms with van der Waals surface area (Å²) in [6.07, 6.45) is 4.02. The van der Waals surface area contributed by atoms with Crippen molar-refractivity contribution in [2.75, 3.05) is 33.3 Å². The molecule has 0 bridgehead atoms. The SMILES string of the molecule is CCNC(=NCC1(c2ccccc2Br)CC1)N1CCC(C(=O)OC)CC1. The van der Waals surface area contributed by atoms with Crippen LogP contribution in [0.15, 0.2) is 33.7 Å². The average molecular weight is 422 g/mol. The molecule has 2 aliphatic rings. The van der Waals surface area contributed by atoms with Crippen molar-refractivity contribution in [3.8, 4) is 0 Å². The molecular weight excluding hydrogens is 394 g/mol. The van der Waals surface area contributed by atoms with Crippen LogP contribution in [0.3, 0.4) is 0 Å². The third-order valence-corrected chi connectivity index (χ3v) is 6.19. The molecule has 1 aromatic rings. The van der Waals surface area contributed by atoms with Gasteiger partial charge in [0.15, 0.2) is 5.96 Å². The molecule has 0 aromatic heterocycles. The molecular formula is C20H28BrN3O2. The summed E-state index contributed by atoms with van der Waals surface area (Å²) in [6.45, 7) is 5.42. The lowest BCUT2D eigenvalue weighted by Gasteiger charge is -2.33. The van der Waals surface area contributed by atoms with E-state index in [0.29, 0.717) is 0 Å². The summed E-state index contributed by atoms with van der Waals surface area (Å²) >= 11 is 3.70. The number of methoxy groups -OCH3 is 1. The number of carbonyl (C=O) groups is 1. The Hall–Kier alpha value is -1.56. The number of aliphatic imine (C=N–C) groups is 1. The average Bonchev–Trinajstić information content (AvgIpc) is 3.46. The number of hydrogen-bond donors (Lipinski definition) is 1. The molecule has 6 heteroatoms. The highest BCUT2D eigenvalue weighted by Crippen LogP contribution is 2.50. The maximum absolute atomic E-state index is 11.7. The number of esters is 1. The number of carbonyl (C=O) groups excluding carboxylic acids is 1. The van der Waals surface area contributed by atoms with Crippen molar-refractivity contribution in [1.29, 1.82) is 0 Å². The minimum absolute atomic E-state index is 0.0224. The molecule has 5 nitrogen and oxygen atoms in total. The van der Waals surface area contributed by atoms with Gasteiger partial charge in [-0.15, -0.1) is 0 Å². The minimum atomic E-state index is -0.0857. The highest BCUT2D eigenvalue weighted by molar-refractivity contribution is 9.10. The predicted octanol–water partition coefficient (Wildman–Crippen LogP) is 3.33. The lowest BCUT2D eigenvalue weighted by atomic mass is 9.96. The van der Waals surface area contributed by atoms with Crippen LogP contribution in [-0.2, 0) is 14.9 Å². The van der Waals surface area contributed by atoms with Gasteiger partial charge in [0.25, 0.3) is 0 Å². The number of hydrogen-bond acceptors (Lipinski definition) is 3. The van der Waals surface area contributed by atoms with E-state index in [2.05, 4.69) is 57.3 Å². The van der Waals surface area contributed by atoms with Gasteiger partial charge in [-0.3, -0.25) is 9.79 Å². The molecule has 1 saturated heterocycles. The summed E-state index contributed by atoms with van der Waals surface area (Å²) in [5.74, 6) is 0.903. The first-order valence-corrected chi connectivity index (χ1v) is 10.2. The Labute approximate surface area is 164 Å². The fourth-order valence-electron chi connectivity index (χ4n) is 3.70. The first-order valence-electron chi connectivity index (χ1n) is 9.46. The number of nitrogens with zero attached hydrogens (tertiary/aromatic N) is 2. The first-order chi connectivity index (χ1) is 12.6. The first kappa shape index (κ1) is 19.2. The van der Waals surface area contributed by atoms with E-state index in [9.17, 15) is 4.79 Å². The molecule has 0 atom stereocenters. The Morgan fingerprint density at radius 1 is 1.35 bits per heavy atom. The number of rotatable bonds is 5. The summed E-state index contributed by atoms with van der Waals surface area (Å²) in [5.41, 5.74) is 1.54. The van der Waals surface area contributed by atoms with Crippen LogP contribution in [0.4, 0.5) is 0 Å². The molecule has 0 amide bonds. The van der Waals surface area contributed by atoms with Gasteiger partial charge in [0, 0.05) is 29.5 Å². The summed E-state index contributed by atoms with van der Waals surface area (Å²) in [5, 5.41) is 3.42. The molecule has 0 unspecified atom stereocenters. The monoisotopic (exact) mass is 421 g/mol. The van der Waals surface area contributed by atoms with E-state index < -0.39 is 0 Å². The van der Waals surface area contributed by atoms with Crippen molar-refractivity contribution in [2.24, 2.45) is 10.9 Å². The standard InChI is InChI=1S/C20H28BrN3O2/c1-3-22-19(24-12-8-15(9-13-24)18(25)26-2)23-14-20(10-11-20)16-6-4-5-7-17(16)21/h4-7,15H,3,8-14H2,1-2H3,(H,22,23). The van der Waals surface area contributed by atoms with Crippen LogP contribution < -0.4 is 5.32 Å². The van der Waals surface area contributed by atoms with Crippen LogP contribution in [-0.4, -0.2) is 50.1 Å². The maximum atomic E-state index is 11.7. The van der Waals surface area contributed by atoms with Crippen molar-refractivity contribution < 1.29 is 9.53 Å². The van der Waals surface area contributed by atoms with Crippen LogP contribution >= 0.6 is 15.9 Å². The van der Waals surface area contributed by atoms with Gasteiger partial charge in [-0.25, -0.2) is 0 Å². The summed E-state index contributed by atoms with van der Waals surface area (Å²) in [4.78, 5) is 19.0. The second-order valence-electron chi connectivity index (χ2n) is 7.21. The largest absolute Gasteiger partial charge is 0.469 e. The lowest BCUT2D eigenvalue weighted by Crippen LogP contribution is -2.47. The van der Waals surface area contributed by atoms with Crippen LogP contribution in [0.25, 0.3) is 0 Å². The van der Waals surface area contributed by atoms with Gasteiger partial charge in [-0.1, -0.05) is 34.1 Å². The van der Waals surface area contributed by atoms with Gasteiger partial charge < -0.3 is 15.0 Å². The molecule has 1 aromatic carbocycles. The Bertz CT molecular complexity index is 665. The smallest absolute Gasteiger partial charge is 0.308 e. The highest BCUT2D eigenvalue weighted by Gasteiger charge is 2.45. The van der Waals surface area contributed by atoms with Crippen LogP contribution in [0.2, 0.25) is 0 Å². The summed E-state index contributed by atoms with van der Waals surface area (Å²) in [7, 11) is 1.47. The predicted molar refractivity (Wildman–Crippen MR) is 107 cm³/mol. The molecule has 142 valence electrons. The zero-order chi connectivity index (χ0) is 18.6. The molecule has 2 fully saturated rings. The van der Waals surface area contributed by atoms with Crippen molar-refractivity contribution in [1.82, 2.24) is 10.2 Å². The van der Waals surface area contributed by atoms with Crippen LogP contribution in [0, 0.1) is 5.92 Å². The fourth-order valence-corrected chi connectivity index (χ4v) is 4.41. The molecule has 1 N–H and O–H groups in total. The highest BCUT2D eigenvalue weighted by atomic mass is 79.9. The number of piperidine rings is 1. The van der Waals surface area contributed by atoms with Crippen molar-refractivity contribution >= 4 is 27.9 Å². The maximum Gasteiger partial charge on any atom is 0.308 e. The number of likely N-dealkylation sites (tertiary alicyclic amines) is 1. The molecule has 0 spiro atoms. The third kappa shape index (κ3) is 4.22. The number of guanidine groups is 1. The van der Waals surface area contributed by atoms with Gasteiger partial charge in [-0.05, 0) is 44.2 Å². The normalized spacial score (nSPS) is 20.0. The Morgan fingerprint density at radius 2 is 2.04 bits per heavy atom. The van der Waals surface area contributed by atoms with Crippen LogP contribution in [0.5, 0.6) is 0 Å². The van der Waals surface area contributed by atoms with Crippen molar-refractivity contribution in [2.45, 2.75) is 38.0 Å². The molecule has 26 heavy (non-hydrogen) atoms. The van der Waals surface area contributed by atoms with Gasteiger partial charge in [0.1, 0.15) is 0 Å². The van der Waals surface area contributed by atoms with Crippen molar-refractivity contribution in [3.05, 3.63) is 34.3 Å². The zero-order valence-electron chi connectivity index (χ0n) is 15.6. The molecule has 1 aliphatic carbocycles. The van der Waals surface area contributed by atoms with Gasteiger partial charge in [0.2, 0.25) is 0 Å². The van der Waals surface area contributed by atoms with E-state index >= 15 is 0 Å². The second-order valence-corrected chi connectivity index (χ2v) is 8.07. The lowest BCUT2D eigenvalue weighted by molar-refractivity contribution is -0.146. The molecule has 1 aliphatic heterocycles. The van der Waals surface area contributed by atoms with Gasteiger partial charge >= 0.3 is 5.97 Å². The Morgan fingerprint density at radius 3 is 2.62 bits per heavy atom. The van der Waals surface area contributed by atoms with Crippen LogP contribution in [0.1, 0.15) is 38.2 Å². The van der Waals surface area contributed by atoms with E-state index in [-0.39, 0.29) is 17.3 Å². The summed E-state index contributed by atoms with van der Waals surface area (Å²) < 4.78 is 6.06. The summed E-state index contributed by atoms with van der Waals surface area (Å²) in [6, 6.07) is 8.48. The molecule has 1 heterocycles. The van der Waals surface area contributed by atoms with E-state index in [1.165, 1.54) is 30.0 Å². The van der Waals surface area contributed by atoms with Gasteiger partial charge in [-0.2, -0.15) is 0 Å². The number of nitrogens with one attached hydrogen (secondary N) is 1. The van der Waals surface area contributed by atoms with Gasteiger partial charge in [0.05, 0.1) is 19.6 Å². The minimum Gasteiger partial charge on any atom is -0.469 e. The van der Waals surface area contributed by atoms with E-state index in [0.717, 1.165) is 45.0 Å². The molecule has 1 saturated carbocycles. The number of ether oxygens (including phenoxy) is 1. The van der Waals surface area contributed by atoms with E-state index in [4.69, 9.17) is 9.73 Å². The topological polar surface area (TPSA) is 53.9 Å².